The van der Waals surface area contributed by atoms with Gasteiger partial charge in [0.05, 0.1) is 0 Å². The molecule has 2 N–H and O–H groups in total. The highest BCUT2D eigenvalue weighted by Gasteiger charge is 2.43. The first-order valence-corrected chi connectivity index (χ1v) is 8.30. The van der Waals surface area contributed by atoms with Crippen molar-refractivity contribution < 1.29 is 32.6 Å². The third-order valence-electron chi connectivity index (χ3n) is 3.98. The highest BCUT2D eigenvalue weighted by Crippen LogP contribution is 2.42. The van der Waals surface area contributed by atoms with Gasteiger partial charge in [-0.3, -0.25) is 9.59 Å². The normalized spacial score (nSPS) is 13.9. The molecular formula is C19H12F2N2O6. The minimum absolute atomic E-state index is 0.105. The number of aromatic amines is 1. The lowest BCUT2D eigenvalue weighted by molar-refractivity contribution is -0.286. The van der Waals surface area contributed by atoms with Gasteiger partial charge in [0.2, 0.25) is 0 Å². The van der Waals surface area contributed by atoms with E-state index >= 15 is 0 Å². The summed E-state index contributed by atoms with van der Waals surface area (Å²) in [6, 6.07) is 11.4. The summed E-state index contributed by atoms with van der Waals surface area (Å²) in [5.41, 5.74) is 0.124. The molecule has 0 unspecified atom stereocenters. The average Bonchev–Trinajstić information content (AvgIpc) is 2.99. The average molecular weight is 402 g/mol. The molecule has 0 saturated heterocycles. The highest BCUT2D eigenvalue weighted by atomic mass is 19.3. The molecule has 148 valence electrons. The molecular weight excluding hydrogens is 390 g/mol. The zero-order valence-electron chi connectivity index (χ0n) is 14.5. The van der Waals surface area contributed by atoms with Gasteiger partial charge in [0.25, 0.3) is 5.91 Å². The maximum absolute atomic E-state index is 13.0. The summed E-state index contributed by atoms with van der Waals surface area (Å²) in [6.07, 6.45) is -3.77. The van der Waals surface area contributed by atoms with Gasteiger partial charge >= 0.3 is 12.3 Å². The molecule has 0 aliphatic carbocycles. The number of aromatic nitrogens is 1. The first-order chi connectivity index (χ1) is 13.8. The zero-order chi connectivity index (χ0) is 20.6. The first kappa shape index (κ1) is 18.4. The second-order valence-electron chi connectivity index (χ2n) is 6.05. The zero-order valence-corrected chi connectivity index (χ0v) is 14.5. The Morgan fingerprint density at radius 3 is 2.66 bits per heavy atom. The molecule has 2 heterocycles. The number of rotatable bonds is 4. The Kier molecular flexibility index (Phi) is 4.38. The Bertz CT molecular complexity index is 1190. The fourth-order valence-corrected chi connectivity index (χ4v) is 2.74. The van der Waals surface area contributed by atoms with Gasteiger partial charge in [0.1, 0.15) is 5.69 Å². The molecule has 1 aliphatic rings. The van der Waals surface area contributed by atoms with Crippen LogP contribution in [-0.2, 0) is 9.53 Å². The Morgan fingerprint density at radius 1 is 1.07 bits per heavy atom. The second-order valence-corrected chi connectivity index (χ2v) is 6.05. The van der Waals surface area contributed by atoms with Crippen LogP contribution in [0.5, 0.6) is 11.5 Å². The quantitative estimate of drug-likeness (QED) is 0.650. The number of carbonyl (C=O) groups is 2. The van der Waals surface area contributed by atoms with Crippen molar-refractivity contribution in [3.63, 3.8) is 0 Å². The molecule has 29 heavy (non-hydrogen) atoms. The van der Waals surface area contributed by atoms with Crippen LogP contribution in [0.4, 0.5) is 14.5 Å². The number of benzene rings is 2. The summed E-state index contributed by atoms with van der Waals surface area (Å²) in [5.74, 6) is -2.02. The number of fused-ring (bicyclic) bond motifs is 2. The molecule has 4 rings (SSSR count). The summed E-state index contributed by atoms with van der Waals surface area (Å²) >= 11 is 0. The van der Waals surface area contributed by atoms with Gasteiger partial charge in [-0.1, -0.05) is 12.1 Å². The summed E-state index contributed by atoms with van der Waals surface area (Å²) < 4.78 is 39.5. The van der Waals surface area contributed by atoms with Crippen molar-refractivity contribution in [2.75, 3.05) is 11.9 Å². The van der Waals surface area contributed by atoms with E-state index in [9.17, 15) is 23.2 Å². The number of ether oxygens (including phenoxy) is 3. The SMILES string of the molecule is O=C(COC(=O)c1cc(=O)c2ccccc2[nH]1)Nc1ccc2c(c1)OC(F)(F)O2. The van der Waals surface area contributed by atoms with E-state index in [1.807, 2.05) is 0 Å². The minimum atomic E-state index is -3.77. The summed E-state index contributed by atoms with van der Waals surface area (Å²) in [5, 5.41) is 2.79. The number of amides is 1. The number of alkyl halides is 2. The van der Waals surface area contributed by atoms with Gasteiger partial charge < -0.3 is 24.5 Å². The van der Waals surface area contributed by atoms with Gasteiger partial charge in [-0.2, -0.15) is 0 Å². The van der Waals surface area contributed by atoms with E-state index in [0.717, 1.165) is 12.1 Å². The Hall–Kier alpha value is -3.95. The third-order valence-corrected chi connectivity index (χ3v) is 3.98. The number of para-hydroxylation sites is 1. The number of pyridine rings is 1. The van der Waals surface area contributed by atoms with Crippen molar-refractivity contribution in [2.45, 2.75) is 6.29 Å². The van der Waals surface area contributed by atoms with E-state index in [2.05, 4.69) is 19.8 Å². The molecule has 3 aromatic rings. The molecule has 0 spiro atoms. The van der Waals surface area contributed by atoms with Gasteiger partial charge in [0.15, 0.2) is 23.5 Å². The molecule has 1 aromatic heterocycles. The monoisotopic (exact) mass is 402 g/mol. The maximum Gasteiger partial charge on any atom is 0.586 e. The van der Waals surface area contributed by atoms with Gasteiger partial charge in [-0.15, -0.1) is 8.78 Å². The van der Waals surface area contributed by atoms with Crippen LogP contribution in [0.15, 0.2) is 53.3 Å². The van der Waals surface area contributed by atoms with E-state index in [1.165, 1.54) is 12.1 Å². The standard InChI is InChI=1S/C19H12F2N2O6/c20-19(21)28-15-6-5-10(7-16(15)29-19)22-17(25)9-27-18(26)13-8-14(24)11-3-1-2-4-12(11)23-13/h1-8H,9H2,(H,22,25)(H,23,24). The third kappa shape index (κ3) is 3.86. The summed E-state index contributed by atoms with van der Waals surface area (Å²) in [7, 11) is 0. The molecule has 0 radical (unpaired) electrons. The molecule has 0 bridgehead atoms. The number of hydrogen-bond acceptors (Lipinski definition) is 6. The summed E-state index contributed by atoms with van der Waals surface area (Å²) in [4.78, 5) is 38.9. The molecule has 8 nitrogen and oxygen atoms in total. The number of hydrogen-bond donors (Lipinski definition) is 2. The molecule has 1 amide bonds. The topological polar surface area (TPSA) is 107 Å². The van der Waals surface area contributed by atoms with Crippen LogP contribution in [0.1, 0.15) is 10.5 Å². The first-order valence-electron chi connectivity index (χ1n) is 8.30. The van der Waals surface area contributed by atoms with E-state index in [-0.39, 0.29) is 28.3 Å². The number of nitrogens with one attached hydrogen (secondary N) is 2. The minimum Gasteiger partial charge on any atom is -0.451 e. The van der Waals surface area contributed by atoms with Crippen LogP contribution < -0.4 is 20.2 Å². The van der Waals surface area contributed by atoms with Gasteiger partial charge in [0, 0.05) is 28.7 Å². The van der Waals surface area contributed by atoms with E-state index in [1.54, 1.807) is 24.3 Å². The predicted octanol–water partition coefficient (Wildman–Crippen LogP) is 2.65. The van der Waals surface area contributed by atoms with Crippen molar-refractivity contribution in [1.82, 2.24) is 4.98 Å². The molecule has 0 fully saturated rings. The van der Waals surface area contributed by atoms with Crippen LogP contribution in [0.2, 0.25) is 0 Å². The Balaban J connectivity index is 1.39. The number of esters is 1. The maximum atomic E-state index is 13.0. The molecule has 10 heteroatoms. The van der Waals surface area contributed by atoms with Crippen molar-refractivity contribution >= 4 is 28.5 Å². The van der Waals surface area contributed by atoms with Crippen LogP contribution in [0.3, 0.4) is 0 Å². The fraction of sp³-hybridized carbons (Fsp3) is 0.105. The lowest BCUT2D eigenvalue weighted by Crippen LogP contribution is -2.25. The fourth-order valence-electron chi connectivity index (χ4n) is 2.74. The summed E-state index contributed by atoms with van der Waals surface area (Å²) in [6.45, 7) is -0.654. The van der Waals surface area contributed by atoms with Crippen molar-refractivity contribution in [3.8, 4) is 11.5 Å². The van der Waals surface area contributed by atoms with Crippen LogP contribution >= 0.6 is 0 Å². The van der Waals surface area contributed by atoms with Crippen LogP contribution in [-0.4, -0.2) is 29.8 Å². The van der Waals surface area contributed by atoms with Crippen LogP contribution in [0, 0.1) is 0 Å². The van der Waals surface area contributed by atoms with Crippen molar-refractivity contribution in [2.24, 2.45) is 0 Å². The molecule has 2 aromatic carbocycles. The van der Waals surface area contributed by atoms with Gasteiger partial charge in [-0.25, -0.2) is 4.79 Å². The lowest BCUT2D eigenvalue weighted by atomic mass is 10.2. The Labute approximate surface area is 161 Å². The second kappa shape index (κ2) is 6.89. The predicted molar refractivity (Wildman–Crippen MR) is 96.1 cm³/mol. The Morgan fingerprint density at radius 2 is 1.83 bits per heavy atom. The van der Waals surface area contributed by atoms with E-state index in [4.69, 9.17) is 4.74 Å². The van der Waals surface area contributed by atoms with E-state index in [0.29, 0.717) is 10.9 Å². The highest BCUT2D eigenvalue weighted by molar-refractivity contribution is 5.96. The molecule has 1 aliphatic heterocycles. The molecule has 0 saturated carbocycles. The number of halogens is 2. The lowest BCUT2D eigenvalue weighted by Gasteiger charge is -2.08. The van der Waals surface area contributed by atoms with Crippen LogP contribution in [0.25, 0.3) is 10.9 Å². The number of carbonyl (C=O) groups excluding carboxylic acids is 2. The van der Waals surface area contributed by atoms with Crippen molar-refractivity contribution in [3.05, 3.63) is 64.4 Å². The smallest absolute Gasteiger partial charge is 0.451 e. The largest absolute Gasteiger partial charge is 0.586 e. The number of H-pyrrole nitrogens is 1. The number of anilines is 1. The molecule has 0 atom stereocenters. The van der Waals surface area contributed by atoms with E-state index < -0.39 is 24.8 Å². The van der Waals surface area contributed by atoms with Crippen molar-refractivity contribution in [1.29, 1.82) is 0 Å². The van der Waals surface area contributed by atoms with Gasteiger partial charge in [-0.05, 0) is 24.3 Å².